The fourth-order valence-corrected chi connectivity index (χ4v) is 2.21. The van der Waals surface area contributed by atoms with E-state index in [4.69, 9.17) is 23.2 Å². The van der Waals surface area contributed by atoms with E-state index in [-0.39, 0.29) is 11.9 Å². The van der Waals surface area contributed by atoms with Gasteiger partial charge in [-0.25, -0.2) is 0 Å². The minimum atomic E-state index is 0.0251. The van der Waals surface area contributed by atoms with Crippen LogP contribution in [0.15, 0.2) is 18.2 Å². The van der Waals surface area contributed by atoms with Gasteiger partial charge in [0.05, 0.1) is 16.5 Å². The van der Waals surface area contributed by atoms with Crippen molar-refractivity contribution in [1.82, 2.24) is 10.6 Å². The average molecular weight is 273 g/mol. The molecule has 17 heavy (non-hydrogen) atoms. The molecule has 1 saturated heterocycles. The third-order valence-electron chi connectivity index (χ3n) is 2.77. The van der Waals surface area contributed by atoms with Crippen molar-refractivity contribution in [1.29, 1.82) is 0 Å². The van der Waals surface area contributed by atoms with E-state index >= 15 is 0 Å². The summed E-state index contributed by atoms with van der Waals surface area (Å²) in [5, 5.41) is 7.18. The first-order chi connectivity index (χ1) is 8.15. The molecule has 1 atom stereocenters. The molecule has 1 amide bonds. The summed E-state index contributed by atoms with van der Waals surface area (Å²) in [6.07, 6.45) is 1.33. The average Bonchev–Trinajstić information content (AvgIpc) is 2.76. The quantitative estimate of drug-likeness (QED) is 0.884. The number of hydrogen-bond donors (Lipinski definition) is 2. The van der Waals surface area contributed by atoms with E-state index in [2.05, 4.69) is 10.6 Å². The molecule has 0 radical (unpaired) electrons. The number of rotatable bonds is 3. The highest BCUT2D eigenvalue weighted by Crippen LogP contribution is 2.22. The number of amides is 1. The predicted octanol–water partition coefficient (Wildman–Crippen LogP) is 2.01. The van der Waals surface area contributed by atoms with E-state index < -0.39 is 0 Å². The molecule has 3 nitrogen and oxygen atoms in total. The van der Waals surface area contributed by atoms with E-state index in [9.17, 15) is 4.79 Å². The molecule has 2 rings (SSSR count). The maximum atomic E-state index is 11.7. The smallest absolute Gasteiger partial charge is 0.224 e. The first kappa shape index (κ1) is 12.7. The fourth-order valence-electron chi connectivity index (χ4n) is 1.89. The third kappa shape index (κ3) is 3.60. The Kier molecular flexibility index (Phi) is 4.26. The van der Waals surface area contributed by atoms with Crippen LogP contribution >= 0.6 is 23.2 Å². The predicted molar refractivity (Wildman–Crippen MR) is 69.6 cm³/mol. The first-order valence-electron chi connectivity index (χ1n) is 5.59. The van der Waals surface area contributed by atoms with Crippen molar-refractivity contribution >= 4 is 29.1 Å². The van der Waals surface area contributed by atoms with Crippen LogP contribution in [-0.2, 0) is 11.2 Å². The molecule has 1 aromatic rings. The molecule has 1 aliphatic rings. The van der Waals surface area contributed by atoms with Gasteiger partial charge in [-0.2, -0.15) is 0 Å². The summed E-state index contributed by atoms with van der Waals surface area (Å²) in [5.41, 5.74) is 0.878. The molecule has 0 aromatic heterocycles. The van der Waals surface area contributed by atoms with Gasteiger partial charge in [-0.15, -0.1) is 0 Å². The van der Waals surface area contributed by atoms with Crippen molar-refractivity contribution in [3.63, 3.8) is 0 Å². The molecule has 0 spiro atoms. The van der Waals surface area contributed by atoms with Crippen molar-refractivity contribution in [2.45, 2.75) is 18.9 Å². The maximum Gasteiger partial charge on any atom is 0.224 e. The summed E-state index contributed by atoms with van der Waals surface area (Å²) in [6, 6.07) is 5.52. The molecule has 1 aliphatic heterocycles. The zero-order valence-corrected chi connectivity index (χ0v) is 10.8. The van der Waals surface area contributed by atoms with Crippen LogP contribution in [0.2, 0.25) is 10.0 Å². The molecular formula is C12H14Cl2N2O. The van der Waals surface area contributed by atoms with E-state index in [1.54, 1.807) is 12.1 Å². The fraction of sp³-hybridized carbons (Fsp3) is 0.417. The number of carbonyl (C=O) groups excluding carboxylic acids is 1. The van der Waals surface area contributed by atoms with Gasteiger partial charge >= 0.3 is 0 Å². The lowest BCUT2D eigenvalue weighted by Crippen LogP contribution is -2.37. The van der Waals surface area contributed by atoms with Crippen LogP contribution in [0.5, 0.6) is 0 Å². The molecule has 1 fully saturated rings. The minimum Gasteiger partial charge on any atom is -0.352 e. The molecule has 1 unspecified atom stereocenters. The summed E-state index contributed by atoms with van der Waals surface area (Å²) >= 11 is 11.7. The van der Waals surface area contributed by atoms with Crippen molar-refractivity contribution in [2.24, 2.45) is 0 Å². The van der Waals surface area contributed by atoms with Gasteiger partial charge in [0.1, 0.15) is 0 Å². The van der Waals surface area contributed by atoms with Gasteiger partial charge in [-0.05, 0) is 30.7 Å². The molecule has 92 valence electrons. The minimum absolute atomic E-state index is 0.0251. The standard InChI is InChI=1S/C12H14Cl2N2O/c13-10-2-1-8(5-11(10)14)6-12(17)16-9-3-4-15-7-9/h1-2,5,9,15H,3-4,6-7H2,(H,16,17). The lowest BCUT2D eigenvalue weighted by atomic mass is 10.1. The van der Waals surface area contributed by atoms with Gasteiger partial charge in [0, 0.05) is 12.6 Å². The number of benzene rings is 1. The maximum absolute atomic E-state index is 11.7. The van der Waals surface area contributed by atoms with Crippen LogP contribution in [0.25, 0.3) is 0 Å². The Balaban J connectivity index is 1.90. The molecule has 0 saturated carbocycles. The topological polar surface area (TPSA) is 41.1 Å². The summed E-state index contributed by atoms with van der Waals surface area (Å²) in [5.74, 6) is 0.0251. The normalized spacial score (nSPS) is 19.3. The van der Waals surface area contributed by atoms with Gasteiger partial charge < -0.3 is 10.6 Å². The van der Waals surface area contributed by atoms with E-state index in [0.717, 1.165) is 25.1 Å². The Bertz CT molecular complexity index is 417. The van der Waals surface area contributed by atoms with Crippen LogP contribution in [0, 0.1) is 0 Å². The van der Waals surface area contributed by atoms with Crippen LogP contribution < -0.4 is 10.6 Å². The molecule has 1 aromatic carbocycles. The summed E-state index contributed by atoms with van der Waals surface area (Å²) < 4.78 is 0. The van der Waals surface area contributed by atoms with Gasteiger partial charge in [-0.3, -0.25) is 4.79 Å². The zero-order valence-electron chi connectivity index (χ0n) is 9.30. The SMILES string of the molecule is O=C(Cc1ccc(Cl)c(Cl)c1)NC1CCNC1. The second kappa shape index (κ2) is 5.71. The summed E-state index contributed by atoms with van der Waals surface area (Å²) in [6.45, 7) is 1.82. The Morgan fingerprint density at radius 2 is 2.24 bits per heavy atom. The highest BCUT2D eigenvalue weighted by atomic mass is 35.5. The summed E-state index contributed by atoms with van der Waals surface area (Å²) in [4.78, 5) is 11.7. The largest absolute Gasteiger partial charge is 0.352 e. The van der Waals surface area contributed by atoms with Gasteiger partial charge in [0.15, 0.2) is 0 Å². The lowest BCUT2D eigenvalue weighted by molar-refractivity contribution is -0.121. The number of carbonyl (C=O) groups is 1. The van der Waals surface area contributed by atoms with Crippen molar-refractivity contribution in [3.05, 3.63) is 33.8 Å². The van der Waals surface area contributed by atoms with Crippen molar-refractivity contribution in [3.8, 4) is 0 Å². The third-order valence-corrected chi connectivity index (χ3v) is 3.51. The Hall–Kier alpha value is -0.770. The Morgan fingerprint density at radius 3 is 2.88 bits per heavy atom. The molecular weight excluding hydrogens is 259 g/mol. The van der Waals surface area contributed by atoms with Crippen LogP contribution in [-0.4, -0.2) is 25.0 Å². The van der Waals surface area contributed by atoms with E-state index in [1.807, 2.05) is 6.07 Å². The van der Waals surface area contributed by atoms with Crippen LogP contribution in [0.1, 0.15) is 12.0 Å². The van der Waals surface area contributed by atoms with Crippen LogP contribution in [0.3, 0.4) is 0 Å². The Morgan fingerprint density at radius 1 is 1.41 bits per heavy atom. The van der Waals surface area contributed by atoms with Crippen molar-refractivity contribution in [2.75, 3.05) is 13.1 Å². The Labute approximate surface area is 110 Å². The highest BCUT2D eigenvalue weighted by molar-refractivity contribution is 6.42. The lowest BCUT2D eigenvalue weighted by Gasteiger charge is -2.11. The zero-order chi connectivity index (χ0) is 12.3. The second-order valence-electron chi connectivity index (χ2n) is 4.18. The first-order valence-corrected chi connectivity index (χ1v) is 6.35. The monoisotopic (exact) mass is 272 g/mol. The van der Waals surface area contributed by atoms with Gasteiger partial charge in [0.25, 0.3) is 0 Å². The van der Waals surface area contributed by atoms with E-state index in [0.29, 0.717) is 16.5 Å². The molecule has 5 heteroatoms. The second-order valence-corrected chi connectivity index (χ2v) is 5.00. The molecule has 2 N–H and O–H groups in total. The van der Waals surface area contributed by atoms with E-state index in [1.165, 1.54) is 0 Å². The number of halogens is 2. The summed E-state index contributed by atoms with van der Waals surface area (Å²) in [7, 11) is 0. The number of nitrogens with one attached hydrogen (secondary N) is 2. The van der Waals surface area contributed by atoms with Gasteiger partial charge in [0.2, 0.25) is 5.91 Å². The highest BCUT2D eigenvalue weighted by Gasteiger charge is 2.16. The molecule has 0 bridgehead atoms. The molecule has 1 heterocycles. The van der Waals surface area contributed by atoms with Crippen LogP contribution in [0.4, 0.5) is 0 Å². The van der Waals surface area contributed by atoms with Crippen molar-refractivity contribution < 1.29 is 4.79 Å². The van der Waals surface area contributed by atoms with Gasteiger partial charge in [-0.1, -0.05) is 29.3 Å². The number of hydrogen-bond acceptors (Lipinski definition) is 2. The molecule has 0 aliphatic carbocycles.